The molecule has 1 heterocycles. The van der Waals surface area contributed by atoms with E-state index in [0.29, 0.717) is 0 Å². The van der Waals surface area contributed by atoms with Crippen molar-refractivity contribution in [3.05, 3.63) is 48.4 Å². The monoisotopic (exact) mass is 267 g/mol. The molecule has 1 aromatic carbocycles. The van der Waals surface area contributed by atoms with Crippen LogP contribution in [0.15, 0.2) is 47.5 Å². The van der Waals surface area contributed by atoms with Crippen LogP contribution in [0, 0.1) is 5.82 Å². The third-order valence-corrected chi connectivity index (χ3v) is 3.59. The molecular weight excluding hydrogens is 257 g/mol. The minimum Gasteiger partial charge on any atom is -0.398 e. The van der Waals surface area contributed by atoms with Crippen LogP contribution < -0.4 is 10.5 Å². The molecule has 1 aromatic heterocycles. The second-order valence-electron chi connectivity index (χ2n) is 3.50. The fourth-order valence-corrected chi connectivity index (χ4v) is 2.50. The molecule has 7 heteroatoms. The third kappa shape index (κ3) is 2.57. The largest absolute Gasteiger partial charge is 0.398 e. The van der Waals surface area contributed by atoms with Crippen LogP contribution >= 0.6 is 0 Å². The van der Waals surface area contributed by atoms with Gasteiger partial charge in [0, 0.05) is 6.20 Å². The molecule has 0 saturated heterocycles. The van der Waals surface area contributed by atoms with E-state index >= 15 is 0 Å². The highest BCUT2D eigenvalue weighted by Crippen LogP contribution is 2.21. The Morgan fingerprint density at radius 3 is 2.61 bits per heavy atom. The van der Waals surface area contributed by atoms with Crippen molar-refractivity contribution in [2.24, 2.45) is 0 Å². The summed E-state index contributed by atoms with van der Waals surface area (Å²) in [5.41, 5.74) is 5.33. The highest BCUT2D eigenvalue weighted by atomic mass is 32.2. The maximum Gasteiger partial charge on any atom is 0.265 e. The van der Waals surface area contributed by atoms with E-state index in [-0.39, 0.29) is 16.4 Å². The predicted octanol–water partition coefficient (Wildman–Crippen LogP) is 1.60. The van der Waals surface area contributed by atoms with Gasteiger partial charge < -0.3 is 5.73 Å². The highest BCUT2D eigenvalue weighted by Gasteiger charge is 2.18. The lowest BCUT2D eigenvalue weighted by molar-refractivity contribution is 0.600. The summed E-state index contributed by atoms with van der Waals surface area (Å²) in [6, 6.07) is 7.88. The fourth-order valence-electron chi connectivity index (χ4n) is 1.38. The van der Waals surface area contributed by atoms with Gasteiger partial charge in [-0.3, -0.25) is 4.72 Å². The number of anilines is 2. The van der Waals surface area contributed by atoms with Crippen molar-refractivity contribution in [2.45, 2.75) is 4.90 Å². The third-order valence-electron chi connectivity index (χ3n) is 2.17. The molecule has 94 valence electrons. The van der Waals surface area contributed by atoms with Gasteiger partial charge in [0.25, 0.3) is 10.0 Å². The molecule has 2 aromatic rings. The van der Waals surface area contributed by atoms with Gasteiger partial charge in [-0.25, -0.2) is 17.8 Å². The predicted molar refractivity (Wildman–Crippen MR) is 65.9 cm³/mol. The quantitative estimate of drug-likeness (QED) is 0.827. The van der Waals surface area contributed by atoms with Crippen LogP contribution in [0.25, 0.3) is 0 Å². The number of nitrogens with zero attached hydrogens (tertiary/aromatic N) is 1. The van der Waals surface area contributed by atoms with Crippen LogP contribution in [-0.2, 0) is 10.0 Å². The number of hydrogen-bond donors (Lipinski definition) is 2. The Morgan fingerprint density at radius 1 is 1.22 bits per heavy atom. The minimum absolute atomic E-state index is 0.154. The number of rotatable bonds is 3. The van der Waals surface area contributed by atoms with Crippen molar-refractivity contribution >= 4 is 21.5 Å². The highest BCUT2D eigenvalue weighted by molar-refractivity contribution is 7.92. The normalized spacial score (nSPS) is 11.2. The van der Waals surface area contributed by atoms with Crippen molar-refractivity contribution in [3.63, 3.8) is 0 Å². The van der Waals surface area contributed by atoms with Gasteiger partial charge in [0.05, 0.1) is 5.69 Å². The number of nitrogens with one attached hydrogen (secondary N) is 1. The van der Waals surface area contributed by atoms with Gasteiger partial charge in [-0.2, -0.15) is 0 Å². The number of sulfonamides is 1. The molecule has 0 bridgehead atoms. The molecule has 0 fully saturated rings. The minimum atomic E-state index is -3.86. The van der Waals surface area contributed by atoms with Crippen molar-refractivity contribution in [1.29, 1.82) is 0 Å². The SMILES string of the molecule is Nc1cc(F)ccc1S(=O)(=O)Nc1ccccn1. The summed E-state index contributed by atoms with van der Waals surface area (Å²) in [5, 5.41) is 0. The summed E-state index contributed by atoms with van der Waals surface area (Å²) in [6.45, 7) is 0. The van der Waals surface area contributed by atoms with Crippen LogP contribution in [0.4, 0.5) is 15.9 Å². The average Bonchev–Trinajstić information content (AvgIpc) is 2.29. The van der Waals surface area contributed by atoms with E-state index in [2.05, 4.69) is 9.71 Å². The molecule has 0 atom stereocenters. The molecule has 0 radical (unpaired) electrons. The van der Waals surface area contributed by atoms with E-state index < -0.39 is 15.8 Å². The lowest BCUT2D eigenvalue weighted by atomic mass is 10.3. The molecular formula is C11H10FN3O2S. The van der Waals surface area contributed by atoms with Gasteiger partial charge in [0.1, 0.15) is 16.5 Å². The summed E-state index contributed by atoms with van der Waals surface area (Å²) in [5.74, 6) is -0.425. The number of nitrogen functional groups attached to an aromatic ring is 1. The Balaban J connectivity index is 2.37. The summed E-state index contributed by atoms with van der Waals surface area (Å²) in [7, 11) is -3.86. The second-order valence-corrected chi connectivity index (χ2v) is 5.15. The van der Waals surface area contributed by atoms with E-state index in [1.54, 1.807) is 12.1 Å². The second kappa shape index (κ2) is 4.61. The topological polar surface area (TPSA) is 85.1 Å². The number of halogens is 1. The van der Waals surface area contributed by atoms with Crippen LogP contribution in [0.2, 0.25) is 0 Å². The van der Waals surface area contributed by atoms with E-state index in [0.717, 1.165) is 18.2 Å². The smallest absolute Gasteiger partial charge is 0.265 e. The van der Waals surface area contributed by atoms with Gasteiger partial charge in [0.2, 0.25) is 0 Å². The van der Waals surface area contributed by atoms with Crippen LogP contribution in [0.1, 0.15) is 0 Å². The molecule has 0 saturated carbocycles. The average molecular weight is 267 g/mol. The van der Waals surface area contributed by atoms with Crippen LogP contribution in [-0.4, -0.2) is 13.4 Å². The first-order chi connectivity index (χ1) is 8.49. The van der Waals surface area contributed by atoms with Gasteiger partial charge in [-0.05, 0) is 30.3 Å². The van der Waals surface area contributed by atoms with E-state index in [9.17, 15) is 12.8 Å². The Kier molecular flexibility index (Phi) is 3.15. The lowest BCUT2D eigenvalue weighted by Crippen LogP contribution is -2.15. The zero-order chi connectivity index (χ0) is 13.2. The zero-order valence-corrected chi connectivity index (χ0v) is 9.99. The van der Waals surface area contributed by atoms with Crippen molar-refractivity contribution in [1.82, 2.24) is 4.98 Å². The summed E-state index contributed by atoms with van der Waals surface area (Å²) in [6.07, 6.45) is 1.45. The Morgan fingerprint density at radius 2 is 2.00 bits per heavy atom. The summed E-state index contributed by atoms with van der Waals surface area (Å²) >= 11 is 0. The number of hydrogen-bond acceptors (Lipinski definition) is 4. The first kappa shape index (κ1) is 12.3. The Bertz CT molecular complexity index is 659. The zero-order valence-electron chi connectivity index (χ0n) is 9.17. The molecule has 0 aliphatic carbocycles. The van der Waals surface area contributed by atoms with Crippen molar-refractivity contribution in [3.8, 4) is 0 Å². The number of aromatic nitrogens is 1. The Hall–Kier alpha value is -2.15. The molecule has 0 unspecified atom stereocenters. The molecule has 0 spiro atoms. The molecule has 18 heavy (non-hydrogen) atoms. The van der Waals surface area contributed by atoms with Crippen LogP contribution in [0.5, 0.6) is 0 Å². The first-order valence-corrected chi connectivity index (χ1v) is 6.46. The number of pyridine rings is 1. The van der Waals surface area contributed by atoms with Crippen molar-refractivity contribution < 1.29 is 12.8 Å². The van der Waals surface area contributed by atoms with E-state index in [4.69, 9.17) is 5.73 Å². The van der Waals surface area contributed by atoms with Gasteiger partial charge in [0.15, 0.2) is 0 Å². The number of nitrogens with two attached hydrogens (primary N) is 1. The summed E-state index contributed by atoms with van der Waals surface area (Å²) < 4.78 is 39.1. The standard InChI is InChI=1S/C11H10FN3O2S/c12-8-4-5-10(9(13)7-8)18(16,17)15-11-3-1-2-6-14-11/h1-7H,13H2,(H,14,15). The molecule has 0 amide bonds. The van der Waals surface area contributed by atoms with Gasteiger partial charge >= 0.3 is 0 Å². The number of benzene rings is 1. The maximum absolute atomic E-state index is 12.9. The molecule has 0 aliphatic rings. The summed E-state index contributed by atoms with van der Waals surface area (Å²) in [4.78, 5) is 3.65. The molecule has 0 aliphatic heterocycles. The molecule has 3 N–H and O–H groups in total. The van der Waals surface area contributed by atoms with E-state index in [1.165, 1.54) is 12.3 Å². The fraction of sp³-hybridized carbons (Fsp3) is 0. The lowest BCUT2D eigenvalue weighted by Gasteiger charge is -2.09. The first-order valence-electron chi connectivity index (χ1n) is 4.98. The van der Waals surface area contributed by atoms with Crippen LogP contribution in [0.3, 0.4) is 0 Å². The Labute approximate surface area is 104 Å². The molecule has 2 rings (SSSR count). The maximum atomic E-state index is 12.9. The van der Waals surface area contributed by atoms with Gasteiger partial charge in [-0.1, -0.05) is 6.07 Å². The van der Waals surface area contributed by atoms with Crippen molar-refractivity contribution in [2.75, 3.05) is 10.5 Å². The van der Waals surface area contributed by atoms with Gasteiger partial charge in [-0.15, -0.1) is 0 Å². The van der Waals surface area contributed by atoms with E-state index in [1.807, 2.05) is 0 Å². The molecule has 5 nitrogen and oxygen atoms in total.